The van der Waals surface area contributed by atoms with Crippen LogP contribution in [0.1, 0.15) is 0 Å². The van der Waals surface area contributed by atoms with E-state index >= 15 is 0 Å². The van der Waals surface area contributed by atoms with E-state index in [0.29, 0.717) is 0 Å². The molecule has 0 unspecified atom stereocenters. The van der Waals surface area contributed by atoms with Crippen LogP contribution in [0.25, 0.3) is 0 Å². The maximum Gasteiger partial charge on any atom is 0.152 e. The third-order valence-electron chi connectivity index (χ3n) is 1.33. The van der Waals surface area contributed by atoms with Crippen molar-refractivity contribution in [3.8, 4) is 5.75 Å². The standard InChI is InChI=1S/C8H8ClFN2O/c9-4-8(11)12-7-2-1-5(13)3-6(7)10/h1-3,13H,4H2,(H2,11,12). The van der Waals surface area contributed by atoms with Crippen molar-refractivity contribution in [2.24, 2.45) is 10.7 Å². The molecule has 0 amide bonds. The fourth-order valence-corrected chi connectivity index (χ4v) is 0.831. The van der Waals surface area contributed by atoms with Crippen LogP contribution in [0, 0.1) is 5.82 Å². The first kappa shape index (κ1) is 9.80. The minimum absolute atomic E-state index is 0.0420. The van der Waals surface area contributed by atoms with Gasteiger partial charge in [-0.1, -0.05) is 0 Å². The first-order valence-corrected chi connectivity index (χ1v) is 4.04. The molecule has 1 aromatic rings. The second kappa shape index (κ2) is 4.09. The van der Waals surface area contributed by atoms with Gasteiger partial charge in [-0.2, -0.15) is 0 Å². The van der Waals surface area contributed by atoms with Gasteiger partial charge in [-0.25, -0.2) is 9.38 Å². The highest BCUT2D eigenvalue weighted by Gasteiger charge is 2.01. The summed E-state index contributed by atoms with van der Waals surface area (Å²) < 4.78 is 13.0. The van der Waals surface area contributed by atoms with E-state index in [1.54, 1.807) is 0 Å². The summed E-state index contributed by atoms with van der Waals surface area (Å²) in [5.41, 5.74) is 5.37. The van der Waals surface area contributed by atoms with Crippen molar-refractivity contribution in [3.63, 3.8) is 0 Å². The molecule has 0 saturated carbocycles. The Kier molecular flexibility index (Phi) is 3.08. The van der Waals surface area contributed by atoms with Crippen LogP contribution in [0.3, 0.4) is 0 Å². The minimum atomic E-state index is -0.631. The second-order valence-electron chi connectivity index (χ2n) is 2.37. The first-order chi connectivity index (χ1) is 6.13. The summed E-state index contributed by atoms with van der Waals surface area (Å²) in [6, 6.07) is 3.61. The summed E-state index contributed by atoms with van der Waals surface area (Å²) >= 11 is 5.36. The number of alkyl halides is 1. The number of aliphatic imine (C=N–C) groups is 1. The number of hydrogen-bond donors (Lipinski definition) is 2. The molecule has 3 N–H and O–H groups in total. The Balaban J connectivity index is 3.03. The van der Waals surface area contributed by atoms with Gasteiger partial charge in [-0.3, -0.25) is 0 Å². The van der Waals surface area contributed by atoms with E-state index in [0.717, 1.165) is 6.07 Å². The first-order valence-electron chi connectivity index (χ1n) is 3.51. The van der Waals surface area contributed by atoms with E-state index < -0.39 is 5.82 Å². The summed E-state index contributed by atoms with van der Waals surface area (Å²) in [5.74, 6) is -0.611. The van der Waals surface area contributed by atoms with Crippen LogP contribution >= 0.6 is 11.6 Å². The molecule has 0 aliphatic rings. The Morgan fingerprint density at radius 1 is 1.62 bits per heavy atom. The summed E-state index contributed by atoms with van der Waals surface area (Å²) in [6.45, 7) is 0. The van der Waals surface area contributed by atoms with Gasteiger partial charge in [0.1, 0.15) is 17.3 Å². The van der Waals surface area contributed by atoms with E-state index in [2.05, 4.69) is 4.99 Å². The van der Waals surface area contributed by atoms with Gasteiger partial charge in [-0.15, -0.1) is 11.6 Å². The van der Waals surface area contributed by atoms with Crippen molar-refractivity contribution in [2.75, 3.05) is 5.88 Å². The molecule has 1 rings (SSSR count). The zero-order valence-electron chi connectivity index (χ0n) is 6.67. The van der Waals surface area contributed by atoms with Crippen molar-refractivity contribution >= 4 is 23.1 Å². The van der Waals surface area contributed by atoms with Crippen LogP contribution in [-0.4, -0.2) is 16.8 Å². The number of halogens is 2. The van der Waals surface area contributed by atoms with Crippen molar-refractivity contribution < 1.29 is 9.50 Å². The van der Waals surface area contributed by atoms with Crippen LogP contribution in [0.15, 0.2) is 23.2 Å². The molecule has 0 saturated heterocycles. The number of benzene rings is 1. The van der Waals surface area contributed by atoms with E-state index in [9.17, 15) is 4.39 Å². The minimum Gasteiger partial charge on any atom is -0.508 e. The van der Waals surface area contributed by atoms with E-state index in [1.165, 1.54) is 12.1 Å². The zero-order valence-corrected chi connectivity index (χ0v) is 7.42. The van der Waals surface area contributed by atoms with Crippen LogP contribution in [0.2, 0.25) is 0 Å². The maximum atomic E-state index is 13.0. The molecule has 1 aromatic carbocycles. The van der Waals surface area contributed by atoms with E-state index in [4.69, 9.17) is 22.4 Å². The molecule has 5 heteroatoms. The van der Waals surface area contributed by atoms with Gasteiger partial charge < -0.3 is 10.8 Å². The molecular formula is C8H8ClFN2O. The fourth-order valence-electron chi connectivity index (χ4n) is 0.771. The molecule has 13 heavy (non-hydrogen) atoms. The Hall–Kier alpha value is -1.29. The third-order valence-corrected chi connectivity index (χ3v) is 1.61. The molecule has 0 heterocycles. The average Bonchev–Trinajstić information content (AvgIpc) is 2.09. The summed E-state index contributed by atoms with van der Waals surface area (Å²) in [6.07, 6.45) is 0. The topological polar surface area (TPSA) is 58.6 Å². The van der Waals surface area contributed by atoms with Gasteiger partial charge in [0.05, 0.1) is 5.88 Å². The summed E-state index contributed by atoms with van der Waals surface area (Å²) in [7, 11) is 0. The van der Waals surface area contributed by atoms with Crippen LogP contribution < -0.4 is 5.73 Å². The molecule has 3 nitrogen and oxygen atoms in total. The quantitative estimate of drug-likeness (QED) is 0.436. The average molecular weight is 203 g/mol. The van der Waals surface area contributed by atoms with Gasteiger partial charge >= 0.3 is 0 Å². The number of amidine groups is 1. The van der Waals surface area contributed by atoms with Crippen molar-refractivity contribution in [2.45, 2.75) is 0 Å². The van der Waals surface area contributed by atoms with Gasteiger partial charge in [0.2, 0.25) is 0 Å². The number of phenols is 1. The third kappa shape index (κ3) is 2.59. The van der Waals surface area contributed by atoms with E-state index in [1.807, 2.05) is 0 Å². The van der Waals surface area contributed by atoms with Gasteiger partial charge in [-0.05, 0) is 12.1 Å². The molecule has 0 fully saturated rings. The lowest BCUT2D eigenvalue weighted by molar-refractivity contribution is 0.469. The Morgan fingerprint density at radius 2 is 2.31 bits per heavy atom. The van der Waals surface area contributed by atoms with Crippen LogP contribution in [0.4, 0.5) is 10.1 Å². The molecule has 0 aliphatic carbocycles. The van der Waals surface area contributed by atoms with Gasteiger partial charge in [0.15, 0.2) is 5.82 Å². The number of nitrogens with two attached hydrogens (primary N) is 1. The molecule has 0 spiro atoms. The van der Waals surface area contributed by atoms with Crippen LogP contribution in [-0.2, 0) is 0 Å². The second-order valence-corrected chi connectivity index (χ2v) is 2.64. The largest absolute Gasteiger partial charge is 0.508 e. The molecule has 0 aromatic heterocycles. The normalized spacial score (nSPS) is 11.7. The highest BCUT2D eigenvalue weighted by molar-refractivity contribution is 6.28. The zero-order chi connectivity index (χ0) is 9.84. The van der Waals surface area contributed by atoms with Gasteiger partial charge in [0, 0.05) is 6.07 Å². The fraction of sp³-hybridized carbons (Fsp3) is 0.125. The molecule has 0 radical (unpaired) electrons. The van der Waals surface area contributed by atoms with Crippen LogP contribution in [0.5, 0.6) is 5.75 Å². The lowest BCUT2D eigenvalue weighted by Gasteiger charge is -1.98. The van der Waals surface area contributed by atoms with E-state index in [-0.39, 0.29) is 23.2 Å². The smallest absolute Gasteiger partial charge is 0.152 e. The molecule has 0 bridgehead atoms. The highest BCUT2D eigenvalue weighted by atomic mass is 35.5. The number of rotatable bonds is 2. The summed E-state index contributed by atoms with van der Waals surface area (Å²) in [4.78, 5) is 3.69. The van der Waals surface area contributed by atoms with Crippen molar-refractivity contribution in [1.82, 2.24) is 0 Å². The number of hydrogen-bond acceptors (Lipinski definition) is 2. The predicted molar refractivity (Wildman–Crippen MR) is 50.1 cm³/mol. The summed E-state index contributed by atoms with van der Waals surface area (Å²) in [5, 5.41) is 8.88. The number of nitrogens with zero attached hydrogens (tertiary/aromatic N) is 1. The molecular weight excluding hydrogens is 195 g/mol. The lowest BCUT2D eigenvalue weighted by atomic mass is 10.3. The highest BCUT2D eigenvalue weighted by Crippen LogP contribution is 2.21. The maximum absolute atomic E-state index is 13.0. The molecule has 0 atom stereocenters. The predicted octanol–water partition coefficient (Wildman–Crippen LogP) is 1.76. The van der Waals surface area contributed by atoms with Crippen molar-refractivity contribution in [3.05, 3.63) is 24.0 Å². The number of aromatic hydroxyl groups is 1. The van der Waals surface area contributed by atoms with Gasteiger partial charge in [0.25, 0.3) is 0 Å². The lowest BCUT2D eigenvalue weighted by Crippen LogP contribution is -2.12. The molecule has 0 aliphatic heterocycles. The Labute approximate surface area is 79.7 Å². The Morgan fingerprint density at radius 3 is 2.85 bits per heavy atom. The molecule has 70 valence electrons. The monoisotopic (exact) mass is 202 g/mol. The Bertz CT molecular complexity index is 341. The van der Waals surface area contributed by atoms with Crippen molar-refractivity contribution in [1.29, 1.82) is 0 Å². The SMILES string of the molecule is NC(CCl)=Nc1ccc(O)cc1F. The number of phenolic OH excluding ortho intramolecular Hbond substituents is 1.